The van der Waals surface area contributed by atoms with E-state index in [-0.39, 0.29) is 0 Å². The summed E-state index contributed by atoms with van der Waals surface area (Å²) in [5.41, 5.74) is 9.64. The lowest BCUT2D eigenvalue weighted by atomic mass is 9.93. The van der Waals surface area contributed by atoms with Gasteiger partial charge < -0.3 is 0 Å². The van der Waals surface area contributed by atoms with E-state index in [1.807, 2.05) is 0 Å². The van der Waals surface area contributed by atoms with Crippen LogP contribution in [0.25, 0.3) is 0 Å². The van der Waals surface area contributed by atoms with Crippen molar-refractivity contribution >= 4 is 0 Å². The molecule has 3 N–H and O–H groups in total. The molecule has 2 aliphatic rings. The molecule has 0 aliphatic carbocycles. The van der Waals surface area contributed by atoms with Crippen molar-refractivity contribution in [1.29, 1.82) is 0 Å². The van der Waals surface area contributed by atoms with E-state index in [0.717, 1.165) is 12.5 Å². The van der Waals surface area contributed by atoms with Crippen molar-refractivity contribution < 1.29 is 0 Å². The summed E-state index contributed by atoms with van der Waals surface area (Å²) < 4.78 is 0. The van der Waals surface area contributed by atoms with Gasteiger partial charge in [-0.05, 0) is 31.6 Å². The molecule has 100 valence electrons. The monoisotopic (exact) mass is 240 g/mol. The first kappa shape index (κ1) is 13.3. The first-order valence-electron chi connectivity index (χ1n) is 7.43. The molecule has 2 saturated heterocycles. The molecule has 0 radical (unpaired) electrons. The summed E-state index contributed by atoms with van der Waals surface area (Å²) in [4.78, 5) is 0. The van der Waals surface area contributed by atoms with Crippen LogP contribution in [0.2, 0.25) is 0 Å². The van der Waals surface area contributed by atoms with Crippen LogP contribution in [-0.2, 0) is 0 Å². The summed E-state index contributed by atoms with van der Waals surface area (Å²) in [5.74, 6) is 0.904. The summed E-state index contributed by atoms with van der Waals surface area (Å²) in [6.07, 6.45) is 12.5. The fourth-order valence-electron chi connectivity index (χ4n) is 2.94. The van der Waals surface area contributed by atoms with E-state index in [1.165, 1.54) is 70.9 Å². The van der Waals surface area contributed by atoms with Crippen molar-refractivity contribution in [3.8, 4) is 0 Å². The average molecular weight is 240 g/mol. The Morgan fingerprint density at radius 1 is 0.824 bits per heavy atom. The van der Waals surface area contributed by atoms with Crippen molar-refractivity contribution in [1.82, 2.24) is 21.5 Å². The SMILES string of the molecule is C1CCCCC2CCCN(C2)NNNCCC1. The van der Waals surface area contributed by atoms with Gasteiger partial charge in [0, 0.05) is 19.6 Å². The minimum atomic E-state index is 0.904. The normalized spacial score (nSPS) is 33.9. The Hall–Kier alpha value is -0.160. The van der Waals surface area contributed by atoms with Crippen LogP contribution in [0.15, 0.2) is 0 Å². The highest BCUT2D eigenvalue weighted by Gasteiger charge is 2.19. The molecule has 4 nitrogen and oxygen atoms in total. The molecule has 2 atom stereocenters. The molecule has 2 rings (SSSR count). The third-order valence-electron chi connectivity index (χ3n) is 3.99. The van der Waals surface area contributed by atoms with Crippen LogP contribution in [0.1, 0.15) is 57.8 Å². The molecule has 2 heterocycles. The predicted octanol–water partition coefficient (Wildman–Crippen LogP) is 1.96. The first-order chi connectivity index (χ1) is 8.45. The Morgan fingerprint density at radius 2 is 1.59 bits per heavy atom. The van der Waals surface area contributed by atoms with Gasteiger partial charge in [0.05, 0.1) is 0 Å². The smallest absolute Gasteiger partial charge is 0.0173 e. The van der Waals surface area contributed by atoms with Crippen LogP contribution in [0.5, 0.6) is 0 Å². The number of piperidine rings is 1. The van der Waals surface area contributed by atoms with Crippen molar-refractivity contribution in [3.63, 3.8) is 0 Å². The lowest BCUT2D eigenvalue weighted by Gasteiger charge is -2.33. The van der Waals surface area contributed by atoms with Gasteiger partial charge >= 0.3 is 0 Å². The number of fused-ring (bicyclic) bond motifs is 2. The van der Waals surface area contributed by atoms with E-state index in [4.69, 9.17) is 0 Å². The molecule has 4 heteroatoms. The second kappa shape index (κ2) is 8.03. The van der Waals surface area contributed by atoms with Crippen LogP contribution < -0.4 is 16.5 Å². The highest BCUT2D eigenvalue weighted by molar-refractivity contribution is 4.70. The molecule has 0 saturated carbocycles. The zero-order valence-electron chi connectivity index (χ0n) is 11.0. The maximum Gasteiger partial charge on any atom is 0.0173 e. The molecule has 2 bridgehead atoms. The van der Waals surface area contributed by atoms with Gasteiger partial charge in [0.1, 0.15) is 0 Å². The summed E-state index contributed by atoms with van der Waals surface area (Å²) in [7, 11) is 0. The highest BCUT2D eigenvalue weighted by Crippen LogP contribution is 2.21. The molecule has 0 aromatic rings. The molecule has 17 heavy (non-hydrogen) atoms. The molecular formula is C13H28N4. The maximum atomic E-state index is 3.28. The van der Waals surface area contributed by atoms with Crippen LogP contribution >= 0.6 is 0 Å². The zero-order valence-corrected chi connectivity index (χ0v) is 11.0. The molecule has 2 aliphatic heterocycles. The third-order valence-corrected chi connectivity index (χ3v) is 3.99. The molecule has 2 fully saturated rings. The van der Waals surface area contributed by atoms with Gasteiger partial charge in [-0.1, -0.05) is 32.1 Å². The van der Waals surface area contributed by atoms with Gasteiger partial charge in [-0.15, -0.1) is 0 Å². The lowest BCUT2D eigenvalue weighted by molar-refractivity contribution is 0.0756. The van der Waals surface area contributed by atoms with E-state index >= 15 is 0 Å². The number of nitrogens with one attached hydrogen (secondary N) is 3. The minimum Gasteiger partial charge on any atom is -0.243 e. The molecular weight excluding hydrogens is 212 g/mol. The van der Waals surface area contributed by atoms with E-state index in [9.17, 15) is 0 Å². The second-order valence-electron chi connectivity index (χ2n) is 5.53. The number of hydrogen-bond donors (Lipinski definition) is 3. The van der Waals surface area contributed by atoms with Gasteiger partial charge in [-0.25, -0.2) is 10.4 Å². The van der Waals surface area contributed by atoms with Crippen molar-refractivity contribution in [2.24, 2.45) is 5.92 Å². The minimum absolute atomic E-state index is 0.904. The summed E-state index contributed by atoms with van der Waals surface area (Å²) >= 11 is 0. The average Bonchev–Trinajstić information content (AvgIpc) is 2.36. The first-order valence-corrected chi connectivity index (χ1v) is 7.43. The van der Waals surface area contributed by atoms with Gasteiger partial charge in [0.15, 0.2) is 0 Å². The predicted molar refractivity (Wildman–Crippen MR) is 70.9 cm³/mol. The van der Waals surface area contributed by atoms with E-state index in [1.54, 1.807) is 0 Å². The fourth-order valence-corrected chi connectivity index (χ4v) is 2.94. The van der Waals surface area contributed by atoms with E-state index < -0.39 is 0 Å². The van der Waals surface area contributed by atoms with Crippen molar-refractivity contribution in [2.75, 3.05) is 19.6 Å². The fraction of sp³-hybridized carbons (Fsp3) is 1.00. The Morgan fingerprint density at radius 3 is 2.53 bits per heavy atom. The van der Waals surface area contributed by atoms with Gasteiger partial charge in [0.25, 0.3) is 0 Å². The number of nitrogens with zero attached hydrogens (tertiary/aromatic N) is 1. The Kier molecular flexibility index (Phi) is 6.27. The van der Waals surface area contributed by atoms with Crippen LogP contribution in [-0.4, -0.2) is 24.6 Å². The molecule has 0 aromatic carbocycles. The topological polar surface area (TPSA) is 39.3 Å². The van der Waals surface area contributed by atoms with Crippen LogP contribution in [0.3, 0.4) is 0 Å². The van der Waals surface area contributed by atoms with Crippen LogP contribution in [0, 0.1) is 5.92 Å². The van der Waals surface area contributed by atoms with Crippen molar-refractivity contribution in [3.05, 3.63) is 0 Å². The number of hydrogen-bond acceptors (Lipinski definition) is 4. The maximum absolute atomic E-state index is 3.28. The largest absolute Gasteiger partial charge is 0.243 e. The van der Waals surface area contributed by atoms with Gasteiger partial charge in [-0.2, -0.15) is 11.1 Å². The van der Waals surface area contributed by atoms with Crippen molar-refractivity contribution in [2.45, 2.75) is 57.8 Å². The number of hydrazine groups is 3. The quantitative estimate of drug-likeness (QED) is 0.605. The molecule has 0 spiro atoms. The lowest BCUT2D eigenvalue weighted by Crippen LogP contribution is -2.55. The van der Waals surface area contributed by atoms with E-state index in [2.05, 4.69) is 21.5 Å². The molecule has 2 unspecified atom stereocenters. The Balaban J connectivity index is 1.73. The third kappa shape index (κ3) is 5.34. The summed E-state index contributed by atoms with van der Waals surface area (Å²) in [5, 5.41) is 2.33. The Bertz CT molecular complexity index is 180. The standard InChI is InChI=1S/C13H28N4/c1-2-4-6-10-14-15-16-17-11-7-9-13(12-17)8-5-3-1/h13-16H,1-12H2. The second-order valence-corrected chi connectivity index (χ2v) is 5.53. The zero-order chi connectivity index (χ0) is 11.8. The summed E-state index contributed by atoms with van der Waals surface area (Å²) in [6, 6.07) is 0. The Labute approximate surface area is 105 Å². The van der Waals surface area contributed by atoms with Gasteiger partial charge in [0.2, 0.25) is 0 Å². The van der Waals surface area contributed by atoms with Crippen LogP contribution in [0.4, 0.5) is 0 Å². The summed E-state index contributed by atoms with van der Waals surface area (Å²) in [6.45, 7) is 3.43. The van der Waals surface area contributed by atoms with E-state index in [0.29, 0.717) is 0 Å². The highest BCUT2D eigenvalue weighted by atomic mass is 15.8. The molecule has 0 amide bonds. The van der Waals surface area contributed by atoms with Gasteiger partial charge in [-0.3, -0.25) is 0 Å². The molecule has 0 aromatic heterocycles. The number of rotatable bonds is 0.